The van der Waals surface area contributed by atoms with Crippen LogP contribution in [0.2, 0.25) is 0 Å². The number of anilines is 1. The van der Waals surface area contributed by atoms with E-state index in [0.29, 0.717) is 23.7 Å². The molecule has 0 saturated heterocycles. The molecule has 0 aliphatic heterocycles. The topological polar surface area (TPSA) is 83.1 Å². The fraction of sp³-hybridized carbons (Fsp3) is 0.417. The quantitative estimate of drug-likeness (QED) is 0.603. The predicted octanol–water partition coefficient (Wildman–Crippen LogP) is 4.14. The Morgan fingerprint density at radius 1 is 0.903 bits per heavy atom. The number of hydrogen-bond acceptors (Lipinski definition) is 6. The minimum Gasteiger partial charge on any atom is -0.493 e. The third-order valence-corrected chi connectivity index (χ3v) is 4.94. The van der Waals surface area contributed by atoms with E-state index in [9.17, 15) is 9.59 Å². The second-order valence-corrected chi connectivity index (χ2v) is 7.43. The highest BCUT2D eigenvalue weighted by atomic mass is 16.5. The molecule has 2 rings (SSSR count). The lowest BCUT2D eigenvalue weighted by Gasteiger charge is -2.17. The molecular formula is C24H31NO6. The number of carbonyl (C=O) groups excluding carboxylic acids is 2. The van der Waals surface area contributed by atoms with E-state index in [1.54, 1.807) is 19.1 Å². The van der Waals surface area contributed by atoms with Crippen LogP contribution in [-0.4, -0.2) is 39.3 Å². The smallest absolute Gasteiger partial charge is 0.306 e. The van der Waals surface area contributed by atoms with Crippen molar-refractivity contribution in [1.29, 1.82) is 0 Å². The molecule has 2 aromatic carbocycles. The van der Waals surface area contributed by atoms with Crippen LogP contribution in [-0.2, 0) is 20.7 Å². The molecule has 0 aromatic heterocycles. The van der Waals surface area contributed by atoms with E-state index >= 15 is 0 Å². The number of rotatable bonds is 9. The Morgan fingerprint density at radius 2 is 1.45 bits per heavy atom. The van der Waals surface area contributed by atoms with E-state index in [1.165, 1.54) is 21.3 Å². The van der Waals surface area contributed by atoms with Gasteiger partial charge in [0.25, 0.3) is 5.91 Å². The van der Waals surface area contributed by atoms with Gasteiger partial charge < -0.3 is 24.3 Å². The van der Waals surface area contributed by atoms with Crippen LogP contribution in [0.1, 0.15) is 35.6 Å². The van der Waals surface area contributed by atoms with Crippen molar-refractivity contribution in [3.63, 3.8) is 0 Å². The highest BCUT2D eigenvalue weighted by Gasteiger charge is 2.20. The Labute approximate surface area is 183 Å². The van der Waals surface area contributed by atoms with E-state index in [4.69, 9.17) is 18.9 Å². The van der Waals surface area contributed by atoms with E-state index in [-0.39, 0.29) is 12.3 Å². The minimum absolute atomic E-state index is 0.110. The summed E-state index contributed by atoms with van der Waals surface area (Å²) < 4.78 is 21.3. The number of ether oxygens (including phenoxy) is 4. The van der Waals surface area contributed by atoms with E-state index in [0.717, 1.165) is 27.9 Å². The molecule has 0 unspecified atom stereocenters. The van der Waals surface area contributed by atoms with Crippen molar-refractivity contribution in [1.82, 2.24) is 0 Å². The number of aryl methyl sites for hydroxylation is 4. The monoisotopic (exact) mass is 429 g/mol. The van der Waals surface area contributed by atoms with E-state index < -0.39 is 12.1 Å². The maximum Gasteiger partial charge on any atom is 0.306 e. The number of hydrogen-bond donors (Lipinski definition) is 1. The van der Waals surface area contributed by atoms with E-state index in [2.05, 4.69) is 5.32 Å². The summed E-state index contributed by atoms with van der Waals surface area (Å²) in [5.41, 5.74) is 4.63. The number of carbonyl (C=O) groups is 2. The van der Waals surface area contributed by atoms with Crippen molar-refractivity contribution < 1.29 is 28.5 Å². The second-order valence-electron chi connectivity index (χ2n) is 7.43. The molecule has 2 aromatic rings. The Balaban J connectivity index is 1.97. The van der Waals surface area contributed by atoms with Crippen LogP contribution >= 0.6 is 0 Å². The second kappa shape index (κ2) is 10.7. The highest BCUT2D eigenvalue weighted by molar-refractivity contribution is 5.96. The zero-order valence-corrected chi connectivity index (χ0v) is 19.3. The van der Waals surface area contributed by atoms with Crippen molar-refractivity contribution in [2.45, 2.75) is 46.6 Å². The fourth-order valence-corrected chi connectivity index (χ4v) is 3.44. The summed E-state index contributed by atoms with van der Waals surface area (Å²) in [7, 11) is 4.60. The normalized spacial score (nSPS) is 11.5. The van der Waals surface area contributed by atoms with Gasteiger partial charge in [-0.1, -0.05) is 17.7 Å². The molecule has 0 radical (unpaired) electrons. The third kappa shape index (κ3) is 6.13. The van der Waals surface area contributed by atoms with Gasteiger partial charge >= 0.3 is 5.97 Å². The van der Waals surface area contributed by atoms with Crippen molar-refractivity contribution in [2.75, 3.05) is 26.6 Å². The number of amides is 1. The van der Waals surface area contributed by atoms with E-state index in [1.807, 2.05) is 32.9 Å². The van der Waals surface area contributed by atoms with Crippen LogP contribution in [0.25, 0.3) is 0 Å². The third-order valence-electron chi connectivity index (χ3n) is 4.94. The predicted molar refractivity (Wildman–Crippen MR) is 119 cm³/mol. The molecule has 0 saturated carbocycles. The van der Waals surface area contributed by atoms with Gasteiger partial charge in [0.05, 0.1) is 21.3 Å². The average molecular weight is 430 g/mol. The summed E-state index contributed by atoms with van der Waals surface area (Å²) in [6.45, 7) is 7.43. The number of nitrogens with one attached hydrogen (secondary N) is 1. The molecule has 1 amide bonds. The van der Waals surface area contributed by atoms with Crippen LogP contribution in [0.3, 0.4) is 0 Å². The molecule has 0 aliphatic rings. The van der Waals surface area contributed by atoms with Gasteiger partial charge in [0.2, 0.25) is 5.75 Å². The molecule has 0 spiro atoms. The molecule has 1 N–H and O–H groups in total. The Hall–Kier alpha value is -3.22. The van der Waals surface area contributed by atoms with Gasteiger partial charge in [-0.05, 0) is 62.9 Å². The summed E-state index contributed by atoms with van der Waals surface area (Å²) in [5.74, 6) is 0.692. The molecule has 0 aliphatic carbocycles. The SMILES string of the molecule is COc1cc(CCC(=O)O[C@@H](C)C(=O)Nc2c(C)cc(C)cc2C)cc(OC)c1OC. The van der Waals surface area contributed by atoms with Crippen LogP contribution in [0, 0.1) is 20.8 Å². The largest absolute Gasteiger partial charge is 0.493 e. The van der Waals surface area contributed by atoms with Gasteiger partial charge in [-0.25, -0.2) is 0 Å². The number of benzene rings is 2. The highest BCUT2D eigenvalue weighted by Crippen LogP contribution is 2.38. The maximum absolute atomic E-state index is 12.5. The number of esters is 1. The van der Waals surface area contributed by atoms with Crippen LogP contribution in [0.5, 0.6) is 17.2 Å². The molecule has 0 fully saturated rings. The summed E-state index contributed by atoms with van der Waals surface area (Å²) in [6.07, 6.45) is -0.397. The first-order chi connectivity index (χ1) is 14.7. The first kappa shape index (κ1) is 24.1. The summed E-state index contributed by atoms with van der Waals surface area (Å²) in [4.78, 5) is 24.8. The molecule has 0 bridgehead atoms. The minimum atomic E-state index is -0.910. The molecule has 7 nitrogen and oxygen atoms in total. The van der Waals surface area contributed by atoms with Crippen molar-refractivity contribution in [2.24, 2.45) is 0 Å². The van der Waals surface area contributed by atoms with Gasteiger partial charge in [0, 0.05) is 12.1 Å². The molecule has 1 atom stereocenters. The summed E-state index contributed by atoms with van der Waals surface area (Å²) in [5, 5.41) is 2.86. The molecule has 7 heteroatoms. The standard InChI is InChI=1S/C24H31NO6/c1-14-10-15(2)22(16(3)11-14)25-24(27)17(4)31-21(26)9-8-18-12-19(28-5)23(30-7)20(13-18)29-6/h10-13,17H,8-9H2,1-7H3,(H,25,27)/t17-/m0/s1. The lowest BCUT2D eigenvalue weighted by Crippen LogP contribution is -2.30. The van der Waals surface area contributed by atoms with Gasteiger partial charge in [-0.15, -0.1) is 0 Å². The molecule has 31 heavy (non-hydrogen) atoms. The first-order valence-corrected chi connectivity index (χ1v) is 10.1. The van der Waals surface area contributed by atoms with Gasteiger partial charge in [0.1, 0.15) is 0 Å². The Kier molecular flexibility index (Phi) is 8.30. The van der Waals surface area contributed by atoms with Crippen molar-refractivity contribution in [3.05, 3.63) is 46.5 Å². The molecule has 0 heterocycles. The zero-order valence-electron chi connectivity index (χ0n) is 19.3. The van der Waals surface area contributed by atoms with Crippen LogP contribution < -0.4 is 19.5 Å². The van der Waals surface area contributed by atoms with Crippen molar-refractivity contribution >= 4 is 17.6 Å². The van der Waals surface area contributed by atoms with Crippen molar-refractivity contribution in [3.8, 4) is 17.2 Å². The zero-order chi connectivity index (χ0) is 23.1. The fourth-order valence-electron chi connectivity index (χ4n) is 3.44. The average Bonchev–Trinajstić information content (AvgIpc) is 2.73. The Bertz CT molecular complexity index is 905. The summed E-state index contributed by atoms with van der Waals surface area (Å²) in [6, 6.07) is 7.56. The lowest BCUT2D eigenvalue weighted by atomic mass is 10.0. The van der Waals surface area contributed by atoms with Gasteiger partial charge in [0.15, 0.2) is 17.6 Å². The molecular weight excluding hydrogens is 398 g/mol. The van der Waals surface area contributed by atoms with Gasteiger partial charge in [-0.3, -0.25) is 9.59 Å². The number of methoxy groups -OCH3 is 3. The van der Waals surface area contributed by atoms with Crippen LogP contribution in [0.4, 0.5) is 5.69 Å². The van der Waals surface area contributed by atoms with Gasteiger partial charge in [-0.2, -0.15) is 0 Å². The lowest BCUT2D eigenvalue weighted by molar-refractivity contribution is -0.153. The Morgan fingerprint density at radius 3 is 1.94 bits per heavy atom. The first-order valence-electron chi connectivity index (χ1n) is 10.1. The summed E-state index contributed by atoms with van der Waals surface area (Å²) >= 11 is 0. The van der Waals surface area contributed by atoms with Crippen LogP contribution in [0.15, 0.2) is 24.3 Å². The maximum atomic E-state index is 12.5. The molecule has 168 valence electrons.